The Morgan fingerprint density at radius 2 is 2.10 bits per heavy atom. The van der Waals surface area contributed by atoms with Crippen LogP contribution in [0.2, 0.25) is 0 Å². The topological polar surface area (TPSA) is 42.7 Å². The van der Waals surface area contributed by atoms with Crippen molar-refractivity contribution in [1.82, 2.24) is 20.1 Å². The van der Waals surface area contributed by atoms with Gasteiger partial charge in [-0.2, -0.15) is 5.10 Å². The van der Waals surface area contributed by atoms with E-state index in [-0.39, 0.29) is 0 Å². The zero-order valence-electron chi connectivity index (χ0n) is 13.5. The molecule has 2 heterocycles. The second kappa shape index (κ2) is 7.71. The number of hydrogen-bond donors (Lipinski definition) is 1. The molecule has 21 heavy (non-hydrogen) atoms. The van der Waals surface area contributed by atoms with Gasteiger partial charge >= 0.3 is 0 Å². The minimum Gasteiger partial charge on any atom is -0.313 e. The van der Waals surface area contributed by atoms with Crippen LogP contribution in [-0.4, -0.2) is 27.4 Å². The van der Waals surface area contributed by atoms with Crippen molar-refractivity contribution in [2.75, 3.05) is 6.54 Å². The van der Waals surface area contributed by atoms with E-state index in [0.717, 1.165) is 37.2 Å². The molecule has 2 aromatic rings. The van der Waals surface area contributed by atoms with Gasteiger partial charge in [0.1, 0.15) is 0 Å². The zero-order valence-corrected chi connectivity index (χ0v) is 14.3. The molecule has 4 nitrogen and oxygen atoms in total. The minimum absolute atomic E-state index is 0.423. The van der Waals surface area contributed by atoms with Gasteiger partial charge in [-0.3, -0.25) is 4.68 Å². The summed E-state index contributed by atoms with van der Waals surface area (Å²) in [6.45, 7) is 7.47. The predicted octanol–water partition coefficient (Wildman–Crippen LogP) is 2.90. The quantitative estimate of drug-likeness (QED) is 0.815. The Bertz CT molecular complexity index is 558. The van der Waals surface area contributed by atoms with E-state index in [1.807, 2.05) is 11.7 Å². The summed E-state index contributed by atoms with van der Waals surface area (Å²) in [5, 5.41) is 11.5. The standard InChI is InChI=1S/C16H26N4S/c1-5-7-17-14(8-15-11-21-12(3)18-15)10-16-9-13(6-2)19-20(16)4/h9,11,14,17H,5-8,10H2,1-4H3. The molecule has 0 saturated carbocycles. The first-order valence-corrected chi connectivity index (χ1v) is 8.66. The smallest absolute Gasteiger partial charge is 0.0897 e. The Morgan fingerprint density at radius 3 is 2.67 bits per heavy atom. The Balaban J connectivity index is 2.06. The van der Waals surface area contributed by atoms with Crippen LogP contribution in [0.15, 0.2) is 11.4 Å². The third-order valence-electron chi connectivity index (χ3n) is 3.65. The molecule has 0 saturated heterocycles. The lowest BCUT2D eigenvalue weighted by molar-refractivity contribution is 0.487. The Labute approximate surface area is 131 Å². The van der Waals surface area contributed by atoms with Crippen molar-refractivity contribution in [3.8, 4) is 0 Å². The summed E-state index contributed by atoms with van der Waals surface area (Å²) in [4.78, 5) is 4.60. The monoisotopic (exact) mass is 306 g/mol. The van der Waals surface area contributed by atoms with E-state index in [1.54, 1.807) is 11.3 Å². The fourth-order valence-electron chi connectivity index (χ4n) is 2.51. The maximum absolute atomic E-state index is 4.60. The fraction of sp³-hybridized carbons (Fsp3) is 0.625. The molecule has 0 aliphatic heterocycles. The van der Waals surface area contributed by atoms with Gasteiger partial charge in [0.05, 0.1) is 16.4 Å². The maximum atomic E-state index is 4.60. The van der Waals surface area contributed by atoms with Crippen molar-refractivity contribution in [2.24, 2.45) is 7.05 Å². The summed E-state index contributed by atoms with van der Waals surface area (Å²) >= 11 is 1.73. The van der Waals surface area contributed by atoms with Crippen LogP contribution in [0.5, 0.6) is 0 Å². The first-order valence-electron chi connectivity index (χ1n) is 7.78. The number of aromatic nitrogens is 3. The summed E-state index contributed by atoms with van der Waals surface area (Å²) in [7, 11) is 2.04. The molecule has 0 aliphatic carbocycles. The average molecular weight is 306 g/mol. The molecule has 1 N–H and O–H groups in total. The highest BCUT2D eigenvalue weighted by Gasteiger charge is 2.14. The van der Waals surface area contributed by atoms with Crippen molar-refractivity contribution >= 4 is 11.3 Å². The lowest BCUT2D eigenvalue weighted by atomic mass is 10.1. The molecule has 0 aromatic carbocycles. The third-order valence-corrected chi connectivity index (χ3v) is 4.47. The molecule has 116 valence electrons. The highest BCUT2D eigenvalue weighted by Crippen LogP contribution is 2.13. The molecular weight excluding hydrogens is 280 g/mol. The van der Waals surface area contributed by atoms with Gasteiger partial charge < -0.3 is 5.32 Å². The van der Waals surface area contributed by atoms with Gasteiger partial charge in [0, 0.05) is 37.0 Å². The fourth-order valence-corrected chi connectivity index (χ4v) is 3.13. The molecule has 1 atom stereocenters. The van der Waals surface area contributed by atoms with Gasteiger partial charge in [0.15, 0.2) is 0 Å². The maximum Gasteiger partial charge on any atom is 0.0897 e. The van der Waals surface area contributed by atoms with Gasteiger partial charge in [-0.25, -0.2) is 4.98 Å². The second-order valence-corrected chi connectivity index (χ2v) is 6.58. The minimum atomic E-state index is 0.423. The second-order valence-electron chi connectivity index (χ2n) is 5.52. The van der Waals surface area contributed by atoms with Crippen molar-refractivity contribution in [2.45, 2.75) is 52.5 Å². The van der Waals surface area contributed by atoms with E-state index in [1.165, 1.54) is 17.1 Å². The number of rotatable bonds is 8. The normalized spacial score (nSPS) is 12.8. The summed E-state index contributed by atoms with van der Waals surface area (Å²) in [5.41, 5.74) is 3.67. The number of aryl methyl sites for hydroxylation is 3. The molecule has 0 aliphatic rings. The van der Waals surface area contributed by atoms with E-state index in [2.05, 4.69) is 47.6 Å². The van der Waals surface area contributed by atoms with Crippen LogP contribution >= 0.6 is 11.3 Å². The predicted molar refractivity (Wildman–Crippen MR) is 88.9 cm³/mol. The lowest BCUT2D eigenvalue weighted by Gasteiger charge is -2.17. The van der Waals surface area contributed by atoms with Crippen molar-refractivity contribution in [3.63, 3.8) is 0 Å². The molecule has 2 rings (SSSR count). The molecule has 0 amide bonds. The van der Waals surface area contributed by atoms with Gasteiger partial charge in [0.2, 0.25) is 0 Å². The highest BCUT2D eigenvalue weighted by atomic mass is 32.1. The number of hydrogen-bond acceptors (Lipinski definition) is 4. The first kappa shape index (κ1) is 16.2. The van der Waals surface area contributed by atoms with E-state index in [0.29, 0.717) is 6.04 Å². The van der Waals surface area contributed by atoms with Crippen LogP contribution in [0.4, 0.5) is 0 Å². The van der Waals surface area contributed by atoms with E-state index in [9.17, 15) is 0 Å². The van der Waals surface area contributed by atoms with Crippen LogP contribution in [0.25, 0.3) is 0 Å². The van der Waals surface area contributed by atoms with Crippen LogP contribution < -0.4 is 5.32 Å². The Hall–Kier alpha value is -1.20. The molecule has 2 aromatic heterocycles. The van der Waals surface area contributed by atoms with Crippen LogP contribution in [0.3, 0.4) is 0 Å². The van der Waals surface area contributed by atoms with E-state index < -0.39 is 0 Å². The van der Waals surface area contributed by atoms with Gasteiger partial charge in [0.25, 0.3) is 0 Å². The van der Waals surface area contributed by atoms with Crippen LogP contribution in [0, 0.1) is 6.92 Å². The summed E-state index contributed by atoms with van der Waals surface area (Å²) < 4.78 is 2.02. The average Bonchev–Trinajstić information content (AvgIpc) is 3.02. The summed E-state index contributed by atoms with van der Waals surface area (Å²) in [5.74, 6) is 0. The Kier molecular flexibility index (Phi) is 5.94. The van der Waals surface area contributed by atoms with Gasteiger partial charge in [-0.05, 0) is 32.4 Å². The molecule has 5 heteroatoms. The first-order chi connectivity index (χ1) is 10.1. The molecule has 0 spiro atoms. The SMILES string of the molecule is CCCNC(Cc1csc(C)n1)Cc1cc(CC)nn1C. The van der Waals surface area contributed by atoms with Crippen LogP contribution in [-0.2, 0) is 26.3 Å². The molecule has 1 unspecified atom stereocenters. The number of nitrogens with one attached hydrogen (secondary N) is 1. The molecule has 0 fully saturated rings. The van der Waals surface area contributed by atoms with E-state index in [4.69, 9.17) is 0 Å². The third kappa shape index (κ3) is 4.64. The summed E-state index contributed by atoms with van der Waals surface area (Å²) in [6.07, 6.45) is 4.13. The summed E-state index contributed by atoms with van der Waals surface area (Å²) in [6, 6.07) is 2.65. The molecular formula is C16H26N4S. The number of thiazole rings is 1. The molecule has 0 bridgehead atoms. The van der Waals surface area contributed by atoms with Gasteiger partial charge in [-0.1, -0.05) is 13.8 Å². The largest absolute Gasteiger partial charge is 0.313 e. The lowest BCUT2D eigenvalue weighted by Crippen LogP contribution is -2.34. The van der Waals surface area contributed by atoms with Crippen molar-refractivity contribution in [1.29, 1.82) is 0 Å². The number of nitrogens with zero attached hydrogens (tertiary/aromatic N) is 3. The van der Waals surface area contributed by atoms with Crippen LogP contribution in [0.1, 0.15) is 42.4 Å². The van der Waals surface area contributed by atoms with Gasteiger partial charge in [-0.15, -0.1) is 11.3 Å². The zero-order chi connectivity index (χ0) is 15.2. The van der Waals surface area contributed by atoms with E-state index >= 15 is 0 Å². The van der Waals surface area contributed by atoms with Crippen molar-refractivity contribution < 1.29 is 0 Å². The molecule has 0 radical (unpaired) electrons. The van der Waals surface area contributed by atoms with Crippen molar-refractivity contribution in [3.05, 3.63) is 33.5 Å². The Morgan fingerprint density at radius 1 is 1.29 bits per heavy atom. The highest BCUT2D eigenvalue weighted by molar-refractivity contribution is 7.09.